The summed E-state index contributed by atoms with van der Waals surface area (Å²) in [6.07, 6.45) is 3.13. The second-order valence-corrected chi connectivity index (χ2v) is 7.14. The molecule has 0 N–H and O–H groups in total. The highest BCUT2D eigenvalue weighted by molar-refractivity contribution is 7.16. The molecule has 0 spiro atoms. The quantitative estimate of drug-likeness (QED) is 0.497. The predicted octanol–water partition coefficient (Wildman–Crippen LogP) is 3.09. The molecule has 0 fully saturated rings. The third-order valence-electron chi connectivity index (χ3n) is 3.54. The molecule has 3 rings (SSSR count). The molecule has 0 bridgehead atoms. The van der Waals surface area contributed by atoms with Gasteiger partial charge >= 0.3 is 5.97 Å². The number of ether oxygens (including phenoxy) is 2. The van der Waals surface area contributed by atoms with E-state index in [2.05, 4.69) is 4.99 Å². The first-order valence-corrected chi connectivity index (χ1v) is 9.35. The van der Waals surface area contributed by atoms with Crippen LogP contribution in [0.5, 0.6) is 5.75 Å². The van der Waals surface area contributed by atoms with Crippen LogP contribution in [0.2, 0.25) is 0 Å². The molecule has 0 radical (unpaired) electrons. The Morgan fingerprint density at radius 3 is 2.77 bits per heavy atom. The molecule has 2 heterocycles. The zero-order valence-electron chi connectivity index (χ0n) is 14.2. The number of hydrogen-bond acceptors (Lipinski definition) is 6. The Morgan fingerprint density at radius 2 is 2.08 bits per heavy atom. The van der Waals surface area contributed by atoms with E-state index >= 15 is 0 Å². The second kappa shape index (κ2) is 8.11. The van der Waals surface area contributed by atoms with Crippen molar-refractivity contribution < 1.29 is 19.1 Å². The molecule has 2 aromatic heterocycles. The van der Waals surface area contributed by atoms with E-state index in [4.69, 9.17) is 9.47 Å². The van der Waals surface area contributed by atoms with Gasteiger partial charge in [0.25, 0.3) is 5.91 Å². The van der Waals surface area contributed by atoms with Crippen molar-refractivity contribution in [1.82, 2.24) is 4.57 Å². The second-order valence-electron chi connectivity index (χ2n) is 5.15. The normalized spacial score (nSPS) is 12.0. The Bertz CT molecular complexity index is 1030. The van der Waals surface area contributed by atoms with Crippen LogP contribution in [-0.4, -0.2) is 30.7 Å². The zero-order valence-corrected chi connectivity index (χ0v) is 15.8. The van der Waals surface area contributed by atoms with E-state index in [1.807, 2.05) is 29.6 Å². The lowest BCUT2D eigenvalue weighted by molar-refractivity contribution is -0.141. The minimum Gasteiger partial charge on any atom is -0.495 e. The Kier molecular flexibility index (Phi) is 5.65. The van der Waals surface area contributed by atoms with Gasteiger partial charge in [0.15, 0.2) is 4.80 Å². The van der Waals surface area contributed by atoms with Crippen molar-refractivity contribution in [1.29, 1.82) is 0 Å². The number of aromatic nitrogens is 1. The van der Waals surface area contributed by atoms with E-state index in [1.165, 1.54) is 35.9 Å². The van der Waals surface area contributed by atoms with Crippen LogP contribution < -0.4 is 9.54 Å². The highest BCUT2D eigenvalue weighted by atomic mass is 32.1. The maximum Gasteiger partial charge on any atom is 0.325 e. The SMILES string of the molecule is COC(=O)Cn1c(=NC(=O)/C=C/c2cccs2)sc2cccc(OC)c21. The van der Waals surface area contributed by atoms with Crippen molar-refractivity contribution in [2.45, 2.75) is 6.54 Å². The Hall–Kier alpha value is -2.71. The maximum atomic E-state index is 12.2. The molecule has 0 atom stereocenters. The van der Waals surface area contributed by atoms with E-state index in [0.29, 0.717) is 16.1 Å². The van der Waals surface area contributed by atoms with Crippen molar-refractivity contribution in [2.75, 3.05) is 14.2 Å². The zero-order chi connectivity index (χ0) is 18.5. The van der Waals surface area contributed by atoms with E-state index in [0.717, 1.165) is 9.58 Å². The number of esters is 1. The summed E-state index contributed by atoms with van der Waals surface area (Å²) in [4.78, 5) is 29.6. The highest BCUT2D eigenvalue weighted by Gasteiger charge is 2.14. The Labute approximate surface area is 157 Å². The molecule has 26 heavy (non-hydrogen) atoms. The Morgan fingerprint density at radius 1 is 1.23 bits per heavy atom. The largest absolute Gasteiger partial charge is 0.495 e. The minimum absolute atomic E-state index is 0.0579. The van der Waals surface area contributed by atoms with Gasteiger partial charge in [-0.15, -0.1) is 11.3 Å². The summed E-state index contributed by atoms with van der Waals surface area (Å²) in [6.45, 7) is -0.0579. The summed E-state index contributed by atoms with van der Waals surface area (Å²) in [5.41, 5.74) is 0.708. The van der Waals surface area contributed by atoms with Gasteiger partial charge in [-0.3, -0.25) is 9.59 Å². The van der Waals surface area contributed by atoms with E-state index in [-0.39, 0.29) is 6.54 Å². The monoisotopic (exact) mass is 388 g/mol. The third kappa shape index (κ3) is 3.92. The highest BCUT2D eigenvalue weighted by Crippen LogP contribution is 2.27. The van der Waals surface area contributed by atoms with Gasteiger partial charge in [0.1, 0.15) is 17.8 Å². The Balaban J connectivity index is 2.07. The number of amides is 1. The molecule has 0 unspecified atom stereocenters. The molecule has 1 amide bonds. The molecular weight excluding hydrogens is 372 g/mol. The molecule has 0 aliphatic rings. The number of benzene rings is 1. The van der Waals surface area contributed by atoms with Crippen LogP contribution >= 0.6 is 22.7 Å². The van der Waals surface area contributed by atoms with Gasteiger partial charge in [-0.05, 0) is 29.7 Å². The first-order valence-electron chi connectivity index (χ1n) is 7.66. The number of thiazole rings is 1. The predicted molar refractivity (Wildman–Crippen MR) is 102 cm³/mol. The molecule has 0 aliphatic heterocycles. The molecule has 8 heteroatoms. The van der Waals surface area contributed by atoms with E-state index < -0.39 is 11.9 Å². The van der Waals surface area contributed by atoms with Gasteiger partial charge in [-0.25, -0.2) is 0 Å². The lowest BCUT2D eigenvalue weighted by Gasteiger charge is -2.07. The summed E-state index contributed by atoms with van der Waals surface area (Å²) in [6, 6.07) is 9.36. The van der Waals surface area contributed by atoms with Gasteiger partial charge in [0, 0.05) is 11.0 Å². The summed E-state index contributed by atoms with van der Waals surface area (Å²) in [5.74, 6) is -0.230. The number of fused-ring (bicyclic) bond motifs is 1. The summed E-state index contributed by atoms with van der Waals surface area (Å²) in [7, 11) is 2.88. The topological polar surface area (TPSA) is 69.9 Å². The van der Waals surface area contributed by atoms with Crippen molar-refractivity contribution in [3.8, 4) is 5.75 Å². The van der Waals surface area contributed by atoms with Gasteiger partial charge in [-0.1, -0.05) is 23.5 Å². The van der Waals surface area contributed by atoms with Crippen LogP contribution in [-0.2, 0) is 20.9 Å². The summed E-state index contributed by atoms with van der Waals surface area (Å²) in [5, 5.41) is 1.93. The van der Waals surface area contributed by atoms with Crippen LogP contribution in [0.3, 0.4) is 0 Å². The van der Waals surface area contributed by atoms with E-state index in [9.17, 15) is 9.59 Å². The number of para-hydroxylation sites is 1. The number of hydrogen-bond donors (Lipinski definition) is 0. The fourth-order valence-corrected chi connectivity index (χ4v) is 4.03. The van der Waals surface area contributed by atoms with Gasteiger partial charge in [0.05, 0.1) is 18.9 Å². The van der Waals surface area contributed by atoms with Crippen LogP contribution in [0.4, 0.5) is 0 Å². The average Bonchev–Trinajstić information content (AvgIpc) is 3.28. The first-order chi connectivity index (χ1) is 12.6. The van der Waals surface area contributed by atoms with Gasteiger partial charge in [-0.2, -0.15) is 4.99 Å². The summed E-state index contributed by atoms with van der Waals surface area (Å²) < 4.78 is 12.7. The molecule has 6 nitrogen and oxygen atoms in total. The lowest BCUT2D eigenvalue weighted by Crippen LogP contribution is -2.22. The van der Waals surface area contributed by atoms with Crippen molar-refractivity contribution >= 4 is 50.8 Å². The number of rotatable bonds is 5. The fraction of sp³-hybridized carbons (Fsp3) is 0.167. The number of carbonyl (C=O) groups excluding carboxylic acids is 2. The van der Waals surface area contributed by atoms with Crippen LogP contribution in [0.1, 0.15) is 4.88 Å². The van der Waals surface area contributed by atoms with Crippen molar-refractivity contribution in [2.24, 2.45) is 4.99 Å². The molecular formula is C18H16N2O4S2. The van der Waals surface area contributed by atoms with Crippen LogP contribution in [0.25, 0.3) is 16.3 Å². The average molecular weight is 388 g/mol. The number of nitrogens with zero attached hydrogens (tertiary/aromatic N) is 2. The van der Waals surface area contributed by atoms with Crippen LogP contribution in [0.15, 0.2) is 46.8 Å². The number of thiophene rings is 1. The molecule has 1 aromatic carbocycles. The fourth-order valence-electron chi connectivity index (χ4n) is 2.36. The molecule has 0 aliphatic carbocycles. The first kappa shape index (κ1) is 18.1. The minimum atomic E-state index is -0.432. The smallest absolute Gasteiger partial charge is 0.325 e. The molecule has 3 aromatic rings. The maximum absolute atomic E-state index is 12.2. The summed E-state index contributed by atoms with van der Waals surface area (Å²) >= 11 is 2.85. The van der Waals surface area contributed by atoms with Crippen molar-refractivity contribution in [3.63, 3.8) is 0 Å². The number of carbonyl (C=O) groups is 2. The van der Waals surface area contributed by atoms with E-state index in [1.54, 1.807) is 23.8 Å². The van der Waals surface area contributed by atoms with Gasteiger partial charge < -0.3 is 14.0 Å². The molecule has 0 saturated carbocycles. The molecule has 0 saturated heterocycles. The lowest BCUT2D eigenvalue weighted by atomic mass is 10.3. The number of methoxy groups -OCH3 is 2. The molecule has 134 valence electrons. The van der Waals surface area contributed by atoms with Gasteiger partial charge in [0.2, 0.25) is 0 Å². The standard InChI is InChI=1S/C18H16N2O4S2/c1-23-13-6-3-7-14-17(13)20(11-16(22)24-2)18(26-14)19-15(21)9-8-12-5-4-10-25-12/h3-10H,11H2,1-2H3/b9-8+,19-18?. The van der Waals surface area contributed by atoms with Crippen LogP contribution in [0, 0.1) is 0 Å². The van der Waals surface area contributed by atoms with Crippen molar-refractivity contribution in [3.05, 3.63) is 51.5 Å². The third-order valence-corrected chi connectivity index (χ3v) is 5.42.